The van der Waals surface area contributed by atoms with Crippen LogP contribution in [0.5, 0.6) is 0 Å². The van der Waals surface area contributed by atoms with Crippen LogP contribution in [-0.4, -0.2) is 55.9 Å². The first-order valence-electron chi connectivity index (χ1n) is 9.73. The highest BCUT2D eigenvalue weighted by atomic mass is 16.6. The summed E-state index contributed by atoms with van der Waals surface area (Å²) in [5, 5.41) is 9.00. The Balaban J connectivity index is 1.95. The minimum absolute atomic E-state index is 0.0364. The normalized spacial score (nSPS) is 20.0. The summed E-state index contributed by atoms with van der Waals surface area (Å²) in [6, 6.07) is 3.54. The second-order valence-electron chi connectivity index (χ2n) is 8.61. The van der Waals surface area contributed by atoms with Gasteiger partial charge in [0.15, 0.2) is 5.65 Å². The van der Waals surface area contributed by atoms with Gasteiger partial charge >= 0.3 is 6.09 Å². The molecular formula is C20H28N6O3. The van der Waals surface area contributed by atoms with Crippen molar-refractivity contribution in [1.29, 1.82) is 5.26 Å². The standard InChI is InChI=1S/C20H28N6O3/c1-13-11-25(19(28)29-20(3,4)5)14(2)10-24(13)16-9-17(27)23(6)26-12-15(7-8-21)22-18(16)26/h9,12-14H,7,10-11H2,1-6H3/t13-,14+/m0/s1. The molecule has 9 nitrogen and oxygen atoms in total. The number of hydrogen-bond acceptors (Lipinski definition) is 6. The molecule has 1 aliphatic rings. The molecule has 2 aromatic rings. The van der Waals surface area contributed by atoms with E-state index < -0.39 is 5.60 Å². The second-order valence-corrected chi connectivity index (χ2v) is 8.61. The number of rotatable bonds is 2. The van der Waals surface area contributed by atoms with Gasteiger partial charge in [0.25, 0.3) is 5.56 Å². The average molecular weight is 400 g/mol. The zero-order valence-electron chi connectivity index (χ0n) is 17.8. The van der Waals surface area contributed by atoms with Crippen LogP contribution in [-0.2, 0) is 18.2 Å². The zero-order chi connectivity index (χ0) is 21.5. The van der Waals surface area contributed by atoms with E-state index in [1.54, 1.807) is 28.7 Å². The molecule has 0 aromatic carbocycles. The molecule has 1 fully saturated rings. The van der Waals surface area contributed by atoms with Crippen molar-refractivity contribution in [2.24, 2.45) is 7.05 Å². The lowest BCUT2D eigenvalue weighted by Crippen LogP contribution is -2.59. The third-order valence-corrected chi connectivity index (χ3v) is 5.05. The van der Waals surface area contributed by atoms with Gasteiger partial charge in [0, 0.05) is 38.3 Å². The smallest absolute Gasteiger partial charge is 0.410 e. The summed E-state index contributed by atoms with van der Waals surface area (Å²) in [5.41, 5.74) is 1.23. The monoisotopic (exact) mass is 400 g/mol. The number of carbonyl (C=O) groups excluding carboxylic acids is 1. The third kappa shape index (κ3) is 4.06. The Morgan fingerprint density at radius 3 is 2.62 bits per heavy atom. The molecule has 0 radical (unpaired) electrons. The Labute approximate surface area is 170 Å². The van der Waals surface area contributed by atoms with Gasteiger partial charge in [-0.1, -0.05) is 0 Å². The summed E-state index contributed by atoms with van der Waals surface area (Å²) >= 11 is 0. The number of piperazine rings is 1. The topological polar surface area (TPSA) is 95.9 Å². The van der Waals surface area contributed by atoms with Gasteiger partial charge in [-0.25, -0.2) is 19.0 Å². The lowest BCUT2D eigenvalue weighted by molar-refractivity contribution is 0.0130. The van der Waals surface area contributed by atoms with Crippen LogP contribution in [0.15, 0.2) is 17.1 Å². The molecule has 29 heavy (non-hydrogen) atoms. The predicted molar refractivity (Wildman–Crippen MR) is 109 cm³/mol. The van der Waals surface area contributed by atoms with Gasteiger partial charge in [0.05, 0.1) is 30.1 Å². The van der Waals surface area contributed by atoms with Crippen molar-refractivity contribution < 1.29 is 9.53 Å². The number of aromatic nitrogens is 3. The van der Waals surface area contributed by atoms with Crippen molar-refractivity contribution in [3.63, 3.8) is 0 Å². The average Bonchev–Trinajstić information content (AvgIpc) is 3.03. The molecule has 3 heterocycles. The van der Waals surface area contributed by atoms with Gasteiger partial charge in [-0.15, -0.1) is 0 Å². The van der Waals surface area contributed by atoms with E-state index >= 15 is 0 Å². The SMILES string of the molecule is C[C@@H]1CN(c2cc(=O)n(C)n3cc(CC#N)nc23)[C@@H](C)CN1C(=O)OC(C)(C)C. The molecule has 3 rings (SSSR count). The highest BCUT2D eigenvalue weighted by molar-refractivity contribution is 5.72. The fraction of sp³-hybridized carbons (Fsp3) is 0.600. The Morgan fingerprint density at radius 2 is 2.00 bits per heavy atom. The van der Waals surface area contributed by atoms with E-state index in [0.29, 0.717) is 30.1 Å². The molecule has 1 amide bonds. The van der Waals surface area contributed by atoms with Crippen molar-refractivity contribution in [3.05, 3.63) is 28.3 Å². The molecule has 0 unspecified atom stereocenters. The van der Waals surface area contributed by atoms with E-state index in [1.807, 2.05) is 34.6 Å². The third-order valence-electron chi connectivity index (χ3n) is 5.05. The van der Waals surface area contributed by atoms with Crippen LogP contribution >= 0.6 is 0 Å². The van der Waals surface area contributed by atoms with Crippen molar-refractivity contribution in [2.75, 3.05) is 18.0 Å². The van der Waals surface area contributed by atoms with Gasteiger partial charge in [-0.2, -0.15) is 5.26 Å². The maximum absolute atomic E-state index is 12.6. The van der Waals surface area contributed by atoms with Crippen LogP contribution in [0.1, 0.15) is 40.3 Å². The number of imidazole rings is 1. The van der Waals surface area contributed by atoms with Crippen molar-refractivity contribution in [2.45, 2.75) is 58.7 Å². The van der Waals surface area contributed by atoms with Crippen LogP contribution in [0.4, 0.5) is 10.5 Å². The van der Waals surface area contributed by atoms with Gasteiger partial charge in [-0.3, -0.25) is 4.79 Å². The van der Waals surface area contributed by atoms with E-state index in [9.17, 15) is 9.59 Å². The van der Waals surface area contributed by atoms with Crippen LogP contribution < -0.4 is 10.5 Å². The Bertz CT molecular complexity index is 1030. The summed E-state index contributed by atoms with van der Waals surface area (Å²) in [7, 11) is 1.67. The van der Waals surface area contributed by atoms with Crippen LogP contribution in [0.25, 0.3) is 5.65 Å². The highest BCUT2D eigenvalue weighted by Crippen LogP contribution is 2.27. The Hall–Kier alpha value is -3.02. The van der Waals surface area contributed by atoms with Crippen LogP contribution in [0.3, 0.4) is 0 Å². The first kappa shape index (κ1) is 20.7. The van der Waals surface area contributed by atoms with Gasteiger partial charge in [0.2, 0.25) is 0 Å². The first-order chi connectivity index (χ1) is 13.5. The number of fused-ring (bicyclic) bond motifs is 1. The molecule has 0 N–H and O–H groups in total. The molecule has 1 aliphatic heterocycles. The molecule has 0 aliphatic carbocycles. The molecule has 2 atom stereocenters. The molecule has 1 saturated heterocycles. The maximum Gasteiger partial charge on any atom is 0.410 e. The van der Waals surface area contributed by atoms with Crippen molar-refractivity contribution in [3.8, 4) is 6.07 Å². The van der Waals surface area contributed by atoms with E-state index in [2.05, 4.69) is 16.0 Å². The molecule has 0 spiro atoms. The Kier molecular flexibility index (Phi) is 5.30. The number of hydrogen-bond donors (Lipinski definition) is 0. The second kappa shape index (κ2) is 7.43. The summed E-state index contributed by atoms with van der Waals surface area (Å²) in [6.07, 6.45) is 1.56. The molecule has 0 saturated carbocycles. The lowest BCUT2D eigenvalue weighted by atomic mass is 10.1. The Morgan fingerprint density at radius 1 is 1.31 bits per heavy atom. The maximum atomic E-state index is 12.6. The fourth-order valence-corrected chi connectivity index (χ4v) is 3.62. The first-order valence-corrected chi connectivity index (χ1v) is 9.73. The zero-order valence-corrected chi connectivity index (χ0v) is 17.8. The minimum atomic E-state index is -0.554. The van der Waals surface area contributed by atoms with E-state index in [1.165, 1.54) is 4.68 Å². The quantitative estimate of drug-likeness (QED) is 0.764. The van der Waals surface area contributed by atoms with Crippen LogP contribution in [0, 0.1) is 11.3 Å². The van der Waals surface area contributed by atoms with Gasteiger partial charge in [-0.05, 0) is 34.6 Å². The highest BCUT2D eigenvalue weighted by Gasteiger charge is 2.35. The summed E-state index contributed by atoms with van der Waals surface area (Å²) in [5.74, 6) is 0. The molecular weight excluding hydrogens is 372 g/mol. The number of aryl methyl sites for hydroxylation is 1. The minimum Gasteiger partial charge on any atom is -0.444 e. The lowest BCUT2D eigenvalue weighted by Gasteiger charge is -2.45. The number of anilines is 1. The van der Waals surface area contributed by atoms with E-state index in [-0.39, 0.29) is 30.2 Å². The van der Waals surface area contributed by atoms with Gasteiger partial charge in [0.1, 0.15) is 5.60 Å². The van der Waals surface area contributed by atoms with E-state index in [0.717, 1.165) is 0 Å². The predicted octanol–water partition coefficient (Wildman–Crippen LogP) is 1.93. The number of nitrogens with zero attached hydrogens (tertiary/aromatic N) is 6. The number of nitriles is 1. The van der Waals surface area contributed by atoms with Crippen molar-refractivity contribution >= 4 is 17.4 Å². The van der Waals surface area contributed by atoms with Crippen LogP contribution in [0.2, 0.25) is 0 Å². The number of amides is 1. The number of ether oxygens (including phenoxy) is 1. The van der Waals surface area contributed by atoms with Crippen molar-refractivity contribution in [1.82, 2.24) is 19.1 Å². The number of carbonyl (C=O) groups is 1. The molecule has 9 heteroatoms. The summed E-state index contributed by atoms with van der Waals surface area (Å²) < 4.78 is 8.69. The van der Waals surface area contributed by atoms with Gasteiger partial charge < -0.3 is 14.5 Å². The molecule has 2 aromatic heterocycles. The summed E-state index contributed by atoms with van der Waals surface area (Å²) in [4.78, 5) is 33.5. The fourth-order valence-electron chi connectivity index (χ4n) is 3.62. The molecule has 0 bridgehead atoms. The largest absolute Gasteiger partial charge is 0.444 e. The van der Waals surface area contributed by atoms with E-state index in [4.69, 9.17) is 10.00 Å². The summed E-state index contributed by atoms with van der Waals surface area (Å²) in [6.45, 7) is 10.5. The molecule has 156 valence electrons.